The van der Waals surface area contributed by atoms with Gasteiger partial charge in [-0.05, 0) is 0 Å². The van der Waals surface area contributed by atoms with Crippen molar-refractivity contribution < 1.29 is 13.0 Å². The predicted molar refractivity (Wildman–Crippen MR) is 103 cm³/mol. The van der Waals surface area contributed by atoms with Crippen LogP contribution in [-0.2, 0) is 10.1 Å². The Morgan fingerprint density at radius 3 is 1.17 bits per heavy atom. The monoisotopic (exact) mass is 358 g/mol. The summed E-state index contributed by atoms with van der Waals surface area (Å²) in [6, 6.07) is 28.9. The van der Waals surface area contributed by atoms with Crippen LogP contribution in [0.2, 0.25) is 0 Å². The summed E-state index contributed by atoms with van der Waals surface area (Å²) in [4.78, 5) is 0. The topological polar surface area (TPSA) is 54.4 Å². The standard InChI is InChI=1S/C19H19O3PS/c20-24(21,22)16-23(17-10-4-1-5-11-17,18-12-6-2-7-13-18)19-14-8-3-9-15-19/h1-15,23H,16H2,(H,20,21,22). The van der Waals surface area contributed by atoms with Gasteiger partial charge in [0.05, 0.1) is 0 Å². The van der Waals surface area contributed by atoms with Gasteiger partial charge in [0.2, 0.25) is 0 Å². The predicted octanol–water partition coefficient (Wildman–Crippen LogP) is 2.56. The van der Waals surface area contributed by atoms with E-state index in [2.05, 4.69) is 0 Å². The van der Waals surface area contributed by atoms with Crippen molar-refractivity contribution in [1.29, 1.82) is 0 Å². The molecule has 3 rings (SSSR count). The first-order chi connectivity index (χ1) is 11.5. The van der Waals surface area contributed by atoms with Crippen LogP contribution in [0, 0.1) is 0 Å². The molecule has 0 aliphatic heterocycles. The van der Waals surface area contributed by atoms with Crippen molar-refractivity contribution in [3.8, 4) is 0 Å². The molecule has 0 unspecified atom stereocenters. The number of hydrogen-bond donors (Lipinski definition) is 1. The molecular formula is C19H19O3PS. The summed E-state index contributed by atoms with van der Waals surface area (Å²) >= 11 is 0. The zero-order chi connectivity index (χ0) is 17.0. The Bertz CT molecular complexity index is 798. The first kappa shape index (κ1) is 16.8. The SMILES string of the molecule is O=S(=O)(O)C[PH](c1ccccc1)(c1ccccc1)c1ccccc1. The van der Waals surface area contributed by atoms with Crippen LogP contribution < -0.4 is 15.9 Å². The van der Waals surface area contributed by atoms with E-state index in [1.807, 2.05) is 91.0 Å². The van der Waals surface area contributed by atoms with Crippen molar-refractivity contribution in [2.45, 2.75) is 0 Å². The summed E-state index contributed by atoms with van der Waals surface area (Å²) in [6.45, 7) is 0. The van der Waals surface area contributed by atoms with Gasteiger partial charge in [0.15, 0.2) is 0 Å². The van der Waals surface area contributed by atoms with Gasteiger partial charge in [-0.3, -0.25) is 0 Å². The zero-order valence-corrected chi connectivity index (χ0v) is 14.9. The minimum atomic E-state index is -4.16. The summed E-state index contributed by atoms with van der Waals surface area (Å²) in [5, 5.41) is 2.88. The molecule has 3 nitrogen and oxygen atoms in total. The molecule has 5 heteroatoms. The Morgan fingerprint density at radius 1 is 0.625 bits per heavy atom. The van der Waals surface area contributed by atoms with Gasteiger partial charge in [-0.15, -0.1) is 0 Å². The van der Waals surface area contributed by atoms with Gasteiger partial charge in [-0.1, -0.05) is 0 Å². The Labute approximate surface area is 143 Å². The molecule has 124 valence electrons. The fraction of sp³-hybridized carbons (Fsp3) is 0.0526. The third-order valence-electron chi connectivity index (χ3n) is 4.20. The van der Waals surface area contributed by atoms with Crippen molar-refractivity contribution >= 4 is 33.3 Å². The minimum absolute atomic E-state index is 0.280. The molecule has 0 radical (unpaired) electrons. The van der Waals surface area contributed by atoms with Crippen LogP contribution in [0.25, 0.3) is 0 Å². The second-order valence-electron chi connectivity index (χ2n) is 5.73. The summed E-state index contributed by atoms with van der Waals surface area (Å²) in [5.74, 6) is 0. The Hall–Kier alpha value is -2.00. The van der Waals surface area contributed by atoms with E-state index < -0.39 is 17.4 Å². The van der Waals surface area contributed by atoms with Crippen LogP contribution in [0.3, 0.4) is 0 Å². The molecule has 0 aliphatic carbocycles. The van der Waals surface area contributed by atoms with Crippen LogP contribution in [0.5, 0.6) is 0 Å². The maximum absolute atomic E-state index is 12.0. The first-order valence-corrected chi connectivity index (χ1v) is 11.5. The van der Waals surface area contributed by atoms with Crippen molar-refractivity contribution in [2.24, 2.45) is 0 Å². The van der Waals surface area contributed by atoms with E-state index in [0.29, 0.717) is 0 Å². The van der Waals surface area contributed by atoms with E-state index in [9.17, 15) is 13.0 Å². The van der Waals surface area contributed by atoms with E-state index in [4.69, 9.17) is 0 Å². The van der Waals surface area contributed by atoms with E-state index in [1.54, 1.807) is 0 Å². The molecular weight excluding hydrogens is 339 g/mol. The van der Waals surface area contributed by atoms with Crippen molar-refractivity contribution in [1.82, 2.24) is 0 Å². The molecule has 24 heavy (non-hydrogen) atoms. The molecule has 1 N–H and O–H groups in total. The molecule has 0 bridgehead atoms. The summed E-state index contributed by atoms with van der Waals surface area (Å²) in [6.07, 6.45) is 0. The Balaban J connectivity index is 2.37. The number of benzene rings is 3. The van der Waals surface area contributed by atoms with Crippen molar-refractivity contribution in [2.75, 3.05) is 5.49 Å². The van der Waals surface area contributed by atoms with E-state index in [0.717, 1.165) is 15.9 Å². The second-order valence-corrected chi connectivity index (χ2v) is 11.6. The van der Waals surface area contributed by atoms with Gasteiger partial charge in [0, 0.05) is 0 Å². The molecule has 0 atom stereocenters. The van der Waals surface area contributed by atoms with Gasteiger partial charge in [0.25, 0.3) is 0 Å². The fourth-order valence-corrected chi connectivity index (χ4v) is 10.7. The van der Waals surface area contributed by atoms with Gasteiger partial charge >= 0.3 is 143 Å². The van der Waals surface area contributed by atoms with E-state index in [-0.39, 0.29) is 5.49 Å². The maximum atomic E-state index is 12.0. The molecule has 0 aliphatic rings. The van der Waals surface area contributed by atoms with Crippen molar-refractivity contribution in [3.63, 3.8) is 0 Å². The average molecular weight is 358 g/mol. The fourth-order valence-electron chi connectivity index (χ4n) is 3.19. The normalized spacial score (nSPS) is 12.7. The molecule has 0 saturated carbocycles. The van der Waals surface area contributed by atoms with Crippen LogP contribution >= 0.6 is 7.26 Å². The van der Waals surface area contributed by atoms with Crippen LogP contribution in [0.1, 0.15) is 0 Å². The summed E-state index contributed by atoms with van der Waals surface area (Å²) in [5.41, 5.74) is -0.280. The van der Waals surface area contributed by atoms with Crippen LogP contribution in [-0.4, -0.2) is 18.5 Å². The zero-order valence-electron chi connectivity index (χ0n) is 13.0. The average Bonchev–Trinajstić information content (AvgIpc) is 2.61. The van der Waals surface area contributed by atoms with Gasteiger partial charge < -0.3 is 0 Å². The molecule has 0 amide bonds. The van der Waals surface area contributed by atoms with Gasteiger partial charge in [0.1, 0.15) is 0 Å². The molecule has 0 aromatic heterocycles. The number of rotatable bonds is 5. The first-order valence-electron chi connectivity index (χ1n) is 7.64. The third-order valence-corrected chi connectivity index (χ3v) is 11.3. The van der Waals surface area contributed by atoms with E-state index >= 15 is 0 Å². The summed E-state index contributed by atoms with van der Waals surface area (Å²) < 4.78 is 33.7. The molecule has 3 aromatic rings. The van der Waals surface area contributed by atoms with E-state index in [1.165, 1.54) is 0 Å². The Morgan fingerprint density at radius 2 is 0.917 bits per heavy atom. The molecule has 3 aromatic carbocycles. The third kappa shape index (κ3) is 3.41. The van der Waals surface area contributed by atoms with Gasteiger partial charge in [-0.2, -0.15) is 0 Å². The van der Waals surface area contributed by atoms with Crippen molar-refractivity contribution in [3.05, 3.63) is 91.0 Å². The molecule has 0 heterocycles. The van der Waals surface area contributed by atoms with Gasteiger partial charge in [-0.25, -0.2) is 0 Å². The van der Waals surface area contributed by atoms with Crippen LogP contribution in [0.15, 0.2) is 91.0 Å². The molecule has 0 spiro atoms. The van der Waals surface area contributed by atoms with Crippen LogP contribution in [0.4, 0.5) is 0 Å². The molecule has 0 fully saturated rings. The second kappa shape index (κ2) is 6.86. The molecule has 0 saturated heterocycles. The summed E-state index contributed by atoms with van der Waals surface area (Å²) in [7, 11) is -7.06. The Kier molecular flexibility index (Phi) is 4.81. The quantitative estimate of drug-likeness (QED) is 0.563. The number of hydrogen-bond acceptors (Lipinski definition) is 2.